The van der Waals surface area contributed by atoms with Crippen LogP contribution in [0, 0.1) is 24.0 Å². The summed E-state index contributed by atoms with van der Waals surface area (Å²) in [6.45, 7) is -19.4. The Morgan fingerprint density at radius 1 is 0.978 bits per heavy atom. The summed E-state index contributed by atoms with van der Waals surface area (Å²) in [5.41, 5.74) is 7.17. The fourth-order valence-electron chi connectivity index (χ4n) is 4.62. The molecule has 0 amide bonds. The van der Waals surface area contributed by atoms with Gasteiger partial charge in [-0.25, -0.2) is 0 Å². The van der Waals surface area contributed by atoms with Crippen molar-refractivity contribution in [2.45, 2.75) is 72.8 Å². The smallest absolute Gasteiger partial charge is 0.311 e. The number of nitrogens with zero attached hydrogens (tertiary/aromatic N) is 2. The van der Waals surface area contributed by atoms with Gasteiger partial charge in [0.25, 0.3) is 0 Å². The van der Waals surface area contributed by atoms with E-state index in [2.05, 4.69) is 5.32 Å². The summed E-state index contributed by atoms with van der Waals surface area (Å²) in [7, 11) is 0. The van der Waals surface area contributed by atoms with Crippen molar-refractivity contribution in [3.05, 3.63) is 105 Å². The van der Waals surface area contributed by atoms with E-state index in [0.717, 1.165) is 23.1 Å². The maximum Gasteiger partial charge on any atom is 0.311 e. The maximum atomic E-state index is 11.7. The largest absolute Gasteiger partial charge is 0.489 e. The lowest BCUT2D eigenvalue weighted by atomic mass is 9.94. The van der Waals surface area contributed by atoms with E-state index < -0.39 is 81.9 Å². The molecule has 2 aliphatic rings. The van der Waals surface area contributed by atoms with Crippen LogP contribution in [0.1, 0.15) is 98.2 Å². The predicted octanol–water partition coefficient (Wildman–Crippen LogP) is 7.72. The third-order valence-electron chi connectivity index (χ3n) is 6.70. The van der Waals surface area contributed by atoms with E-state index in [-0.39, 0.29) is 53.1 Å². The lowest BCUT2D eigenvalue weighted by molar-refractivity contribution is -0.386. The molecule has 5 rings (SSSR count). The molecule has 45 heavy (non-hydrogen) atoms. The molecule has 3 N–H and O–H groups in total. The van der Waals surface area contributed by atoms with E-state index in [0.29, 0.717) is 16.7 Å². The van der Waals surface area contributed by atoms with Gasteiger partial charge >= 0.3 is 5.69 Å². The molecule has 0 saturated carbocycles. The molecule has 0 saturated heterocycles. The van der Waals surface area contributed by atoms with Crippen LogP contribution in [0.15, 0.2) is 66.7 Å². The van der Waals surface area contributed by atoms with Crippen molar-refractivity contribution in [3.63, 3.8) is 0 Å². The molecule has 3 aromatic carbocycles. The summed E-state index contributed by atoms with van der Waals surface area (Å²) in [6.07, 6.45) is -5.04. The highest BCUT2D eigenvalue weighted by Crippen LogP contribution is 2.36. The molecule has 2 aliphatic heterocycles. The Kier molecular flexibility index (Phi) is 5.23. The first-order chi connectivity index (χ1) is 30.0. The molecule has 240 valence electrons. The van der Waals surface area contributed by atoms with Crippen LogP contribution in [0.4, 0.5) is 11.4 Å². The second-order valence-corrected chi connectivity index (χ2v) is 9.96. The van der Waals surface area contributed by atoms with Gasteiger partial charge in [0.05, 0.1) is 25.5 Å². The van der Waals surface area contributed by atoms with Gasteiger partial charge in [0, 0.05) is 59.5 Å². The minimum absolute atomic E-state index is 0.0449. The van der Waals surface area contributed by atoms with Crippen molar-refractivity contribution in [2.24, 2.45) is 0 Å². The number of nitrogens with one attached hydrogen (secondary N) is 1. The van der Waals surface area contributed by atoms with Gasteiger partial charge < -0.3 is 20.5 Å². The van der Waals surface area contributed by atoms with Gasteiger partial charge in [-0.15, -0.1) is 0 Å². The number of aryl methyl sites for hydroxylation is 2. The Morgan fingerprint density at radius 3 is 2.27 bits per heavy atom. The molecular weight excluding hydrogens is 564 g/mol. The number of nitrogens with two attached hydrogens (primary N) is 1. The number of nitro benzene ring substituents is 1. The predicted molar refractivity (Wildman–Crippen MR) is 185 cm³/mol. The lowest BCUT2D eigenvalue weighted by Gasteiger charge is -2.27. The molecule has 0 spiro atoms. The molecule has 0 fully saturated rings. The molecular formula is C37H48N4O4. The zero-order chi connectivity index (χ0) is 51.5. The number of nitrogen functional groups attached to an aromatic ring is 1. The van der Waals surface area contributed by atoms with Crippen LogP contribution in [-0.2, 0) is 6.54 Å². The van der Waals surface area contributed by atoms with E-state index in [1.807, 2.05) is 0 Å². The number of nitro groups is 1. The van der Waals surface area contributed by atoms with Gasteiger partial charge in [0.2, 0.25) is 0 Å². The Labute approximate surface area is 299 Å². The average Bonchev–Trinajstić information content (AvgIpc) is 3.11. The zero-order valence-electron chi connectivity index (χ0n) is 46.6. The first-order valence-electron chi connectivity index (χ1n) is 24.6. The fourth-order valence-corrected chi connectivity index (χ4v) is 4.62. The Hall–Kier alpha value is -4.14. The van der Waals surface area contributed by atoms with E-state index >= 15 is 0 Å². The van der Waals surface area contributed by atoms with Gasteiger partial charge in [-0.2, -0.15) is 0 Å². The third-order valence-corrected chi connectivity index (χ3v) is 6.70. The van der Waals surface area contributed by atoms with E-state index in [1.165, 1.54) is 25.1 Å². The highest BCUT2D eigenvalue weighted by Gasteiger charge is 2.22. The molecule has 0 radical (unpaired) electrons. The van der Waals surface area contributed by atoms with Gasteiger partial charge in [-0.05, 0) is 118 Å². The molecule has 0 bridgehead atoms. The monoisotopic (exact) mass is 635 g/mol. The Bertz CT molecular complexity index is 2360. The number of hydrogen-bond acceptors (Lipinski definition) is 7. The molecule has 0 aliphatic carbocycles. The fraction of sp³-hybridized carbons (Fsp3) is 0.405. The van der Waals surface area contributed by atoms with Crippen molar-refractivity contribution < 1.29 is 44.6 Å². The number of ether oxygens (including phenoxy) is 2. The SMILES string of the molecule is [2H]C1([2H])C=C(c2cc(OC([2H])(C([2H])([2H])[2H])C([2H])([2H])[2H])c(N)cc2C)CC([2H])([2H])N1.[2H]C1([2H])C=C(c2cc(OC([2H])(C([2H])([2H])[2H])C([2H])([2H])[2H])c([N+](=O)[O-])cc2C)CC([2H])([2H])N1Cc1ccccc1. The molecule has 0 aromatic heterocycles. The van der Waals surface area contributed by atoms with Gasteiger partial charge in [0.1, 0.15) is 5.75 Å². The van der Waals surface area contributed by atoms with E-state index in [1.54, 1.807) is 37.3 Å². The quantitative estimate of drug-likeness (QED) is 0.141. The Morgan fingerprint density at radius 2 is 1.62 bits per heavy atom. The third kappa shape index (κ3) is 9.42. The minimum Gasteiger partial charge on any atom is -0.489 e. The summed E-state index contributed by atoms with van der Waals surface area (Å²) < 4.78 is 182. The zero-order valence-corrected chi connectivity index (χ0v) is 24.6. The van der Waals surface area contributed by atoms with Crippen molar-refractivity contribution in [1.82, 2.24) is 10.2 Å². The van der Waals surface area contributed by atoms with Gasteiger partial charge in [0.15, 0.2) is 5.75 Å². The van der Waals surface area contributed by atoms with Crippen LogP contribution in [0.25, 0.3) is 11.1 Å². The maximum absolute atomic E-state index is 11.7. The van der Waals surface area contributed by atoms with Gasteiger partial charge in [-0.3, -0.25) is 15.0 Å². The molecule has 0 unspecified atom stereocenters. The topological polar surface area (TPSA) is 103 Å². The number of benzene rings is 3. The van der Waals surface area contributed by atoms with Crippen LogP contribution < -0.4 is 20.5 Å². The lowest BCUT2D eigenvalue weighted by Crippen LogP contribution is -2.28. The molecule has 8 heteroatoms. The van der Waals surface area contributed by atoms with E-state index in [4.69, 9.17) is 45.4 Å². The van der Waals surface area contributed by atoms with Crippen molar-refractivity contribution >= 4 is 22.5 Å². The van der Waals surface area contributed by atoms with Gasteiger partial charge in [-0.1, -0.05) is 42.5 Å². The Balaban J connectivity index is 0.000000304. The molecule has 3 aromatic rings. The summed E-state index contributed by atoms with van der Waals surface area (Å²) in [4.78, 5) is 11.8. The average molecular weight is 635 g/mol. The van der Waals surface area contributed by atoms with E-state index in [9.17, 15) is 10.1 Å². The molecule has 8 nitrogen and oxygen atoms in total. The van der Waals surface area contributed by atoms with Crippen molar-refractivity contribution in [2.75, 3.05) is 31.7 Å². The van der Waals surface area contributed by atoms with Crippen LogP contribution in [0.5, 0.6) is 11.5 Å². The number of hydrogen-bond donors (Lipinski definition) is 2. The normalized spacial score (nSPS) is 28.5. The highest BCUT2D eigenvalue weighted by molar-refractivity contribution is 5.74. The van der Waals surface area contributed by atoms with Crippen molar-refractivity contribution in [1.29, 1.82) is 0 Å². The van der Waals surface area contributed by atoms with Crippen LogP contribution in [-0.4, -0.2) is 48.0 Å². The summed E-state index contributed by atoms with van der Waals surface area (Å²) in [5.74, 6) is -1.18. The van der Waals surface area contributed by atoms with Crippen LogP contribution in [0.2, 0.25) is 0 Å². The summed E-state index contributed by atoms with van der Waals surface area (Å²) >= 11 is 0. The van der Waals surface area contributed by atoms with Crippen LogP contribution in [0.3, 0.4) is 0 Å². The number of rotatable bonds is 9. The standard InChI is InChI=1S/C22H26N2O3.C15H22N2O/c1-16(2)27-22-14-20(17(3)13-21(22)24(25)26)19-9-11-23(12-10-19)15-18-7-5-4-6-8-18;1-10(2)18-15-9-13(11(3)8-14(15)16)12-4-6-17-7-5-12/h4-9,13-14,16H,10-12,15H2,1-3H3;4,8-10,17H,5-7,16H2,1-3H3/i1D3,2D3,11D2,12D2,16D;1D3,2D3,6D2,7D2,10D. The molecule has 2 heterocycles. The summed E-state index contributed by atoms with van der Waals surface area (Å²) in [5, 5.41) is 13.9. The minimum atomic E-state index is -3.55. The summed E-state index contributed by atoms with van der Waals surface area (Å²) in [6, 6.07) is 13.3. The first kappa shape index (κ1) is 15.0. The van der Waals surface area contributed by atoms with Crippen LogP contribution >= 0.6 is 0 Å². The highest BCUT2D eigenvalue weighted by atomic mass is 16.6. The second-order valence-electron chi connectivity index (χ2n) is 9.96. The second kappa shape index (κ2) is 15.7. The number of anilines is 1. The van der Waals surface area contributed by atoms with Crippen molar-refractivity contribution in [3.8, 4) is 11.5 Å². The molecule has 0 atom stereocenters. The first-order valence-corrected chi connectivity index (χ1v) is 13.6.